The molecule has 0 spiro atoms. The molecular weight excluding hydrogens is 249 g/mol. The number of anilines is 3. The van der Waals surface area contributed by atoms with E-state index in [4.69, 9.17) is 10.6 Å². The number of benzene rings is 1. The van der Waals surface area contributed by atoms with Gasteiger partial charge in [-0.05, 0) is 30.7 Å². The molecular formula is C12H14FN5O. The lowest BCUT2D eigenvalue weighted by atomic mass is 10.2. The van der Waals surface area contributed by atoms with Crippen LogP contribution in [0.5, 0.6) is 5.75 Å². The summed E-state index contributed by atoms with van der Waals surface area (Å²) in [5, 5.41) is 2.89. The zero-order valence-electron chi connectivity index (χ0n) is 10.6. The largest absolute Gasteiger partial charge is 0.497 e. The van der Waals surface area contributed by atoms with Crippen molar-refractivity contribution >= 4 is 17.5 Å². The number of nitrogens with zero attached hydrogens (tertiary/aromatic N) is 2. The number of nitrogen functional groups attached to an aromatic ring is 1. The first kappa shape index (κ1) is 13.0. The Morgan fingerprint density at radius 2 is 2.16 bits per heavy atom. The van der Waals surface area contributed by atoms with Gasteiger partial charge in [-0.15, -0.1) is 0 Å². The van der Waals surface area contributed by atoms with Crippen LogP contribution in [0.1, 0.15) is 5.56 Å². The number of rotatable bonds is 4. The molecule has 19 heavy (non-hydrogen) atoms. The van der Waals surface area contributed by atoms with E-state index in [1.54, 1.807) is 19.2 Å². The van der Waals surface area contributed by atoms with Crippen molar-refractivity contribution in [1.82, 2.24) is 9.97 Å². The second-order valence-electron chi connectivity index (χ2n) is 3.84. The van der Waals surface area contributed by atoms with Gasteiger partial charge in [0, 0.05) is 5.69 Å². The third kappa shape index (κ3) is 2.89. The highest BCUT2D eigenvalue weighted by Crippen LogP contribution is 2.25. The number of hydrazine groups is 1. The van der Waals surface area contributed by atoms with Crippen LogP contribution in [0.25, 0.3) is 0 Å². The Hall–Kier alpha value is -2.41. The maximum atomic E-state index is 13.6. The topological polar surface area (TPSA) is 85.1 Å². The van der Waals surface area contributed by atoms with E-state index in [0.29, 0.717) is 0 Å². The smallest absolute Gasteiger partial charge is 0.239 e. The van der Waals surface area contributed by atoms with Crippen molar-refractivity contribution in [2.24, 2.45) is 5.84 Å². The minimum atomic E-state index is -0.561. The van der Waals surface area contributed by atoms with Gasteiger partial charge in [-0.25, -0.2) is 15.2 Å². The number of hydrogen-bond donors (Lipinski definition) is 3. The standard InChI is InChI=1S/C12H14FN5O/c1-7-5-8(19-2)3-4-10(7)16-11-9(13)6-15-12(17-11)18-14/h3-6H,14H2,1-2H3,(H2,15,16,17,18). The van der Waals surface area contributed by atoms with Crippen LogP contribution in [0.15, 0.2) is 24.4 Å². The summed E-state index contributed by atoms with van der Waals surface area (Å²) in [6.07, 6.45) is 1.05. The van der Waals surface area contributed by atoms with Gasteiger partial charge in [-0.2, -0.15) is 4.98 Å². The molecule has 0 bridgehead atoms. The Morgan fingerprint density at radius 1 is 1.37 bits per heavy atom. The Balaban J connectivity index is 2.30. The van der Waals surface area contributed by atoms with E-state index in [1.165, 1.54) is 0 Å². The molecule has 0 saturated carbocycles. The summed E-state index contributed by atoms with van der Waals surface area (Å²) in [5.74, 6) is 5.55. The average molecular weight is 263 g/mol. The lowest BCUT2D eigenvalue weighted by Gasteiger charge is -2.11. The molecule has 0 radical (unpaired) electrons. The Kier molecular flexibility index (Phi) is 3.76. The molecule has 0 fully saturated rings. The SMILES string of the molecule is COc1ccc(Nc2nc(NN)ncc2F)c(C)c1. The highest BCUT2D eigenvalue weighted by atomic mass is 19.1. The molecule has 2 aromatic rings. The third-order valence-corrected chi connectivity index (χ3v) is 2.56. The van der Waals surface area contributed by atoms with Gasteiger partial charge < -0.3 is 10.1 Å². The number of hydrogen-bond acceptors (Lipinski definition) is 6. The number of aromatic nitrogens is 2. The van der Waals surface area contributed by atoms with Crippen molar-refractivity contribution in [3.05, 3.63) is 35.8 Å². The Labute approximate surface area is 109 Å². The molecule has 0 amide bonds. The van der Waals surface area contributed by atoms with Crippen molar-refractivity contribution in [3.63, 3.8) is 0 Å². The summed E-state index contributed by atoms with van der Waals surface area (Å²) in [4.78, 5) is 7.57. The van der Waals surface area contributed by atoms with Gasteiger partial charge in [0.2, 0.25) is 5.95 Å². The average Bonchev–Trinajstić information content (AvgIpc) is 2.43. The first-order chi connectivity index (χ1) is 9.13. The van der Waals surface area contributed by atoms with Gasteiger partial charge in [-0.3, -0.25) is 5.43 Å². The lowest BCUT2D eigenvalue weighted by molar-refractivity contribution is 0.414. The fraction of sp³-hybridized carbons (Fsp3) is 0.167. The second-order valence-corrected chi connectivity index (χ2v) is 3.84. The molecule has 6 nitrogen and oxygen atoms in total. The monoisotopic (exact) mass is 263 g/mol. The van der Waals surface area contributed by atoms with Crippen LogP contribution in [-0.4, -0.2) is 17.1 Å². The van der Waals surface area contributed by atoms with Crippen LogP contribution >= 0.6 is 0 Å². The Bertz CT molecular complexity index is 590. The molecule has 1 aromatic carbocycles. The van der Waals surface area contributed by atoms with Crippen molar-refractivity contribution in [2.75, 3.05) is 17.9 Å². The van der Waals surface area contributed by atoms with Crippen molar-refractivity contribution in [3.8, 4) is 5.75 Å². The molecule has 7 heteroatoms. The van der Waals surface area contributed by atoms with Crippen LogP contribution in [0.4, 0.5) is 21.8 Å². The zero-order valence-corrected chi connectivity index (χ0v) is 10.6. The molecule has 0 atom stereocenters. The van der Waals surface area contributed by atoms with E-state index in [1.807, 2.05) is 13.0 Å². The normalized spacial score (nSPS) is 10.1. The van der Waals surface area contributed by atoms with Gasteiger partial charge in [-0.1, -0.05) is 0 Å². The predicted octanol–water partition coefficient (Wildman–Crippen LogP) is 1.96. The van der Waals surface area contributed by atoms with Crippen LogP contribution in [-0.2, 0) is 0 Å². The van der Waals surface area contributed by atoms with Crippen molar-refractivity contribution in [2.45, 2.75) is 6.92 Å². The molecule has 0 unspecified atom stereocenters. The molecule has 1 aromatic heterocycles. The van der Waals surface area contributed by atoms with E-state index in [9.17, 15) is 4.39 Å². The molecule has 0 aliphatic heterocycles. The zero-order chi connectivity index (χ0) is 13.8. The number of nitrogens with one attached hydrogen (secondary N) is 2. The fourth-order valence-corrected chi connectivity index (χ4v) is 1.56. The maximum absolute atomic E-state index is 13.6. The van der Waals surface area contributed by atoms with Gasteiger partial charge in [0.1, 0.15) is 5.75 Å². The molecule has 100 valence electrons. The first-order valence-electron chi connectivity index (χ1n) is 5.55. The van der Waals surface area contributed by atoms with Crippen LogP contribution in [0, 0.1) is 12.7 Å². The van der Waals surface area contributed by atoms with Crippen molar-refractivity contribution < 1.29 is 9.13 Å². The highest BCUT2D eigenvalue weighted by Gasteiger charge is 2.08. The number of halogens is 1. The summed E-state index contributed by atoms with van der Waals surface area (Å²) in [7, 11) is 1.59. The second kappa shape index (κ2) is 5.49. The lowest BCUT2D eigenvalue weighted by Crippen LogP contribution is -2.12. The number of ether oxygens (including phenoxy) is 1. The minimum Gasteiger partial charge on any atom is -0.497 e. The molecule has 0 saturated heterocycles. The summed E-state index contributed by atoms with van der Waals surface area (Å²) in [6, 6.07) is 5.39. The Morgan fingerprint density at radius 3 is 2.79 bits per heavy atom. The third-order valence-electron chi connectivity index (χ3n) is 2.56. The van der Waals surface area contributed by atoms with Gasteiger partial charge in [0.05, 0.1) is 13.3 Å². The van der Waals surface area contributed by atoms with Gasteiger partial charge in [0.25, 0.3) is 0 Å². The van der Waals surface area contributed by atoms with E-state index in [0.717, 1.165) is 23.2 Å². The predicted molar refractivity (Wildman–Crippen MR) is 70.8 cm³/mol. The van der Waals surface area contributed by atoms with Gasteiger partial charge >= 0.3 is 0 Å². The summed E-state index contributed by atoms with van der Waals surface area (Å²) >= 11 is 0. The molecule has 2 rings (SSSR count). The van der Waals surface area contributed by atoms with Crippen LogP contribution < -0.4 is 21.3 Å². The molecule has 0 aliphatic carbocycles. The van der Waals surface area contributed by atoms with Crippen LogP contribution in [0.3, 0.4) is 0 Å². The van der Waals surface area contributed by atoms with Crippen LogP contribution in [0.2, 0.25) is 0 Å². The summed E-state index contributed by atoms with van der Waals surface area (Å²) in [6.45, 7) is 1.88. The van der Waals surface area contributed by atoms with E-state index >= 15 is 0 Å². The summed E-state index contributed by atoms with van der Waals surface area (Å²) < 4.78 is 18.7. The number of nitrogens with two attached hydrogens (primary N) is 1. The molecule has 1 heterocycles. The maximum Gasteiger partial charge on any atom is 0.239 e. The quantitative estimate of drug-likeness (QED) is 0.577. The minimum absolute atomic E-state index is 0.0521. The van der Waals surface area contributed by atoms with E-state index in [-0.39, 0.29) is 11.8 Å². The fourth-order valence-electron chi connectivity index (χ4n) is 1.56. The molecule has 4 N–H and O–H groups in total. The number of aryl methyl sites for hydroxylation is 1. The van der Waals surface area contributed by atoms with Crippen molar-refractivity contribution in [1.29, 1.82) is 0 Å². The number of methoxy groups -OCH3 is 1. The van der Waals surface area contributed by atoms with Gasteiger partial charge in [0.15, 0.2) is 11.6 Å². The summed E-state index contributed by atoms with van der Waals surface area (Å²) in [5.41, 5.74) is 3.89. The van der Waals surface area contributed by atoms with E-state index < -0.39 is 5.82 Å². The molecule has 0 aliphatic rings. The first-order valence-corrected chi connectivity index (χ1v) is 5.55. The highest BCUT2D eigenvalue weighted by molar-refractivity contribution is 5.62. The van der Waals surface area contributed by atoms with E-state index in [2.05, 4.69) is 20.7 Å².